The first-order valence-corrected chi connectivity index (χ1v) is 13.2. The van der Waals surface area contributed by atoms with Gasteiger partial charge in [0.2, 0.25) is 11.0 Å². The van der Waals surface area contributed by atoms with Crippen LogP contribution in [0.15, 0.2) is 51.7 Å². The smallest absolute Gasteiger partial charge is 0.264 e. The lowest BCUT2D eigenvalue weighted by molar-refractivity contribution is -0.114. The molecule has 0 radical (unpaired) electrons. The fraction of sp³-hybridized carbons (Fsp3) is 0.250. The van der Waals surface area contributed by atoms with E-state index in [0.29, 0.717) is 15.1 Å². The van der Waals surface area contributed by atoms with Crippen LogP contribution < -0.4 is 19.1 Å². The lowest BCUT2D eigenvalue weighted by atomic mass is 10.3. The van der Waals surface area contributed by atoms with Crippen LogP contribution in [-0.2, 0) is 14.8 Å². The summed E-state index contributed by atoms with van der Waals surface area (Å²) in [4.78, 5) is 12.7. The molecule has 176 valence electrons. The fourth-order valence-corrected chi connectivity index (χ4v) is 5.99. The van der Waals surface area contributed by atoms with E-state index < -0.39 is 22.5 Å². The molecule has 0 spiro atoms. The van der Waals surface area contributed by atoms with Gasteiger partial charge in [0, 0.05) is 11.1 Å². The van der Waals surface area contributed by atoms with E-state index in [-0.39, 0.29) is 21.5 Å². The number of hydrogen-bond donors (Lipinski definition) is 1. The Labute approximate surface area is 205 Å². The van der Waals surface area contributed by atoms with Gasteiger partial charge in [0.25, 0.3) is 10.0 Å². The third kappa shape index (κ3) is 6.08. The first-order valence-electron chi connectivity index (χ1n) is 9.55. The van der Waals surface area contributed by atoms with Gasteiger partial charge in [-0.3, -0.25) is 14.4 Å². The summed E-state index contributed by atoms with van der Waals surface area (Å²) in [5, 5.41) is 11.2. The predicted molar refractivity (Wildman–Crippen MR) is 130 cm³/mol. The van der Waals surface area contributed by atoms with Crippen LogP contribution >= 0.6 is 34.7 Å². The Morgan fingerprint density at radius 2 is 1.82 bits per heavy atom. The van der Waals surface area contributed by atoms with Crippen molar-refractivity contribution in [1.82, 2.24) is 10.2 Å². The molecule has 1 N–H and O–H groups in total. The number of sulfonamides is 1. The van der Waals surface area contributed by atoms with E-state index in [1.807, 2.05) is 6.92 Å². The number of methoxy groups -OCH3 is 2. The minimum absolute atomic E-state index is 0.0690. The van der Waals surface area contributed by atoms with Crippen molar-refractivity contribution >= 4 is 61.4 Å². The van der Waals surface area contributed by atoms with E-state index in [9.17, 15) is 13.2 Å². The van der Waals surface area contributed by atoms with Crippen LogP contribution in [0, 0.1) is 0 Å². The summed E-state index contributed by atoms with van der Waals surface area (Å²) in [6.45, 7) is 1.49. The Morgan fingerprint density at radius 1 is 1.12 bits per heavy atom. The van der Waals surface area contributed by atoms with Crippen LogP contribution in [0.4, 0.5) is 10.8 Å². The summed E-state index contributed by atoms with van der Waals surface area (Å²) < 4.78 is 39.2. The van der Waals surface area contributed by atoms with Gasteiger partial charge in [-0.1, -0.05) is 41.6 Å². The number of aromatic nitrogens is 2. The van der Waals surface area contributed by atoms with Crippen molar-refractivity contribution in [3.8, 4) is 11.5 Å². The van der Waals surface area contributed by atoms with E-state index in [1.165, 1.54) is 67.7 Å². The largest absolute Gasteiger partial charge is 0.493 e. The molecule has 2 aromatic carbocycles. The monoisotopic (exact) mass is 528 g/mol. The molecule has 0 saturated heterocycles. The lowest BCUT2D eigenvalue weighted by Crippen LogP contribution is -2.38. The quantitative estimate of drug-likeness (QED) is 0.308. The molecule has 0 aliphatic heterocycles. The molecule has 3 aromatic rings. The van der Waals surface area contributed by atoms with Gasteiger partial charge < -0.3 is 9.47 Å². The lowest BCUT2D eigenvalue weighted by Gasteiger charge is -2.24. The zero-order chi connectivity index (χ0) is 24.0. The topological polar surface area (TPSA) is 111 Å². The summed E-state index contributed by atoms with van der Waals surface area (Å²) in [6, 6.07) is 10.4. The van der Waals surface area contributed by atoms with E-state index in [2.05, 4.69) is 15.5 Å². The average Bonchev–Trinajstić information content (AvgIpc) is 3.24. The minimum Gasteiger partial charge on any atom is -0.493 e. The molecule has 1 heterocycles. The maximum absolute atomic E-state index is 13.6. The number of carbonyl (C=O) groups excluding carboxylic acids is 1. The number of halogens is 1. The number of benzene rings is 2. The van der Waals surface area contributed by atoms with Crippen LogP contribution in [-0.4, -0.2) is 51.0 Å². The summed E-state index contributed by atoms with van der Waals surface area (Å²) in [5.74, 6) is 0.868. The van der Waals surface area contributed by atoms with E-state index >= 15 is 0 Å². The number of hydrogen-bond acceptors (Lipinski definition) is 9. The van der Waals surface area contributed by atoms with Crippen molar-refractivity contribution in [2.75, 3.05) is 36.1 Å². The zero-order valence-electron chi connectivity index (χ0n) is 17.9. The fourth-order valence-electron chi connectivity index (χ4n) is 2.76. The summed E-state index contributed by atoms with van der Waals surface area (Å²) in [6.07, 6.45) is 0. The summed E-state index contributed by atoms with van der Waals surface area (Å²) >= 11 is 8.68. The van der Waals surface area contributed by atoms with E-state index in [1.54, 1.807) is 12.1 Å². The molecular weight excluding hydrogens is 508 g/mol. The van der Waals surface area contributed by atoms with Crippen molar-refractivity contribution in [2.45, 2.75) is 16.2 Å². The molecule has 0 bridgehead atoms. The third-order valence-corrected chi connectivity index (χ3v) is 8.14. The molecule has 1 amide bonds. The van der Waals surface area contributed by atoms with Crippen LogP contribution in [0.25, 0.3) is 0 Å². The second-order valence-electron chi connectivity index (χ2n) is 6.36. The number of thioether (sulfide) groups is 1. The number of ether oxygens (including phenoxy) is 2. The molecule has 9 nitrogen and oxygen atoms in total. The second kappa shape index (κ2) is 11.1. The van der Waals surface area contributed by atoms with Crippen molar-refractivity contribution in [3.05, 3.63) is 47.5 Å². The Balaban J connectivity index is 1.93. The molecule has 3 rings (SSSR count). The molecule has 33 heavy (non-hydrogen) atoms. The van der Waals surface area contributed by atoms with Gasteiger partial charge in [-0.2, -0.15) is 0 Å². The molecule has 0 unspecified atom stereocenters. The molecule has 13 heteroatoms. The van der Waals surface area contributed by atoms with Crippen molar-refractivity contribution < 1.29 is 22.7 Å². The van der Waals surface area contributed by atoms with E-state index in [0.717, 1.165) is 10.1 Å². The number of nitrogens with one attached hydrogen (secondary N) is 1. The first-order chi connectivity index (χ1) is 15.8. The molecule has 1 aromatic heterocycles. The van der Waals surface area contributed by atoms with Gasteiger partial charge in [0.15, 0.2) is 15.8 Å². The van der Waals surface area contributed by atoms with Gasteiger partial charge in [-0.05, 0) is 42.2 Å². The minimum atomic E-state index is -4.16. The molecule has 0 saturated carbocycles. The van der Waals surface area contributed by atoms with Gasteiger partial charge in [0.05, 0.1) is 24.8 Å². The van der Waals surface area contributed by atoms with Crippen molar-refractivity contribution in [2.24, 2.45) is 0 Å². The number of carbonyl (C=O) groups is 1. The van der Waals surface area contributed by atoms with Gasteiger partial charge in [0.1, 0.15) is 6.54 Å². The highest BCUT2D eigenvalue weighted by atomic mass is 35.5. The van der Waals surface area contributed by atoms with Gasteiger partial charge in [-0.25, -0.2) is 8.42 Å². The van der Waals surface area contributed by atoms with E-state index in [4.69, 9.17) is 21.1 Å². The Morgan fingerprint density at radius 3 is 2.45 bits per heavy atom. The highest BCUT2D eigenvalue weighted by molar-refractivity contribution is 8.01. The number of rotatable bonds is 10. The summed E-state index contributed by atoms with van der Waals surface area (Å²) in [5.41, 5.74) is 0.267. The molecule has 0 atom stereocenters. The van der Waals surface area contributed by atoms with Gasteiger partial charge in [-0.15, -0.1) is 10.2 Å². The van der Waals surface area contributed by atoms with Gasteiger partial charge >= 0.3 is 0 Å². The molecule has 0 aliphatic carbocycles. The third-order valence-electron chi connectivity index (χ3n) is 4.27. The van der Waals surface area contributed by atoms with Crippen LogP contribution in [0.1, 0.15) is 6.92 Å². The maximum atomic E-state index is 13.6. The normalized spacial score (nSPS) is 11.2. The maximum Gasteiger partial charge on any atom is 0.264 e. The van der Waals surface area contributed by atoms with Crippen LogP contribution in [0.2, 0.25) is 5.02 Å². The standard InChI is InChI=1S/C20H21ClN4O5S3/c1-4-31-20-24-23-19(32-20)22-18(26)12-25(14-7-5-13(21)6-8-14)33(27,28)15-9-10-16(29-2)17(11-15)30-3/h5-11H,4,12H2,1-3H3,(H,22,23,26). The molecular formula is C20H21ClN4O5S3. The highest BCUT2D eigenvalue weighted by Crippen LogP contribution is 2.32. The van der Waals surface area contributed by atoms with Crippen molar-refractivity contribution in [1.29, 1.82) is 0 Å². The molecule has 0 fully saturated rings. The SMILES string of the molecule is CCSc1nnc(NC(=O)CN(c2ccc(Cl)cc2)S(=O)(=O)c2ccc(OC)c(OC)c2)s1. The Bertz CT molecular complexity index is 1220. The first kappa shape index (κ1) is 25.1. The Kier molecular flexibility index (Phi) is 8.40. The Hall–Kier alpha value is -2.54. The highest BCUT2D eigenvalue weighted by Gasteiger charge is 2.28. The predicted octanol–water partition coefficient (Wildman–Crippen LogP) is 4.15. The summed E-state index contributed by atoms with van der Waals surface area (Å²) in [7, 11) is -1.30. The van der Waals surface area contributed by atoms with Crippen LogP contribution in [0.5, 0.6) is 11.5 Å². The number of nitrogens with zero attached hydrogens (tertiary/aromatic N) is 3. The average molecular weight is 529 g/mol. The second-order valence-corrected chi connectivity index (χ2v) is 11.1. The number of anilines is 2. The van der Waals surface area contributed by atoms with Crippen LogP contribution in [0.3, 0.4) is 0 Å². The zero-order valence-corrected chi connectivity index (χ0v) is 21.1. The number of amides is 1. The van der Waals surface area contributed by atoms with Crippen molar-refractivity contribution in [3.63, 3.8) is 0 Å². The molecule has 0 aliphatic rings.